The average molecular weight is 208 g/mol. The van der Waals surface area contributed by atoms with Gasteiger partial charge in [0, 0.05) is 6.42 Å². The van der Waals surface area contributed by atoms with Gasteiger partial charge in [-0.2, -0.15) is 8.42 Å². The van der Waals surface area contributed by atoms with Gasteiger partial charge >= 0.3 is 0 Å². The van der Waals surface area contributed by atoms with Crippen molar-refractivity contribution in [3.8, 4) is 0 Å². The van der Waals surface area contributed by atoms with Gasteiger partial charge in [-0.3, -0.25) is 9.35 Å². The van der Waals surface area contributed by atoms with Crippen LogP contribution in [0.4, 0.5) is 0 Å². The first-order chi connectivity index (χ1) is 5.89. The van der Waals surface area contributed by atoms with Crippen LogP contribution < -0.4 is 0 Å². The van der Waals surface area contributed by atoms with Crippen LogP contribution >= 0.6 is 0 Å². The van der Waals surface area contributed by atoms with Crippen LogP contribution in [0.25, 0.3) is 0 Å². The lowest BCUT2D eigenvalue weighted by Gasteiger charge is -2.05. The molecule has 0 aromatic heterocycles. The number of unbranched alkanes of at least 4 members (excludes halogenated alkanes) is 2. The third kappa shape index (κ3) is 5.00. The quantitative estimate of drug-likeness (QED) is 0.529. The molecule has 1 N–H and O–H groups in total. The molecule has 0 aliphatic heterocycles. The number of rotatable bonds is 6. The largest absolute Gasteiger partial charge is 0.298 e. The van der Waals surface area contributed by atoms with E-state index in [0.717, 1.165) is 12.8 Å². The van der Waals surface area contributed by atoms with Gasteiger partial charge in [0.15, 0.2) is 5.78 Å². The maximum Gasteiger partial charge on any atom is 0.274 e. The normalized spacial score (nSPS) is 14.1. The van der Waals surface area contributed by atoms with Crippen molar-refractivity contribution >= 4 is 15.9 Å². The summed E-state index contributed by atoms with van der Waals surface area (Å²) < 4.78 is 29.6. The van der Waals surface area contributed by atoms with Crippen molar-refractivity contribution in [1.82, 2.24) is 0 Å². The summed E-state index contributed by atoms with van der Waals surface area (Å²) in [5.41, 5.74) is 0. The fourth-order valence-corrected chi connectivity index (χ4v) is 1.37. The van der Waals surface area contributed by atoms with Gasteiger partial charge in [0.05, 0.1) is 0 Å². The summed E-state index contributed by atoms with van der Waals surface area (Å²) in [4.78, 5) is 11.1. The number of hydrogen-bond donors (Lipinski definition) is 1. The van der Waals surface area contributed by atoms with E-state index in [0.29, 0.717) is 6.42 Å². The molecule has 78 valence electrons. The molecule has 0 spiro atoms. The van der Waals surface area contributed by atoms with Crippen LogP contribution in [0.5, 0.6) is 0 Å². The molecule has 13 heavy (non-hydrogen) atoms. The molecule has 1 atom stereocenters. The van der Waals surface area contributed by atoms with Gasteiger partial charge in [-0.25, -0.2) is 0 Å². The molecule has 0 heterocycles. The van der Waals surface area contributed by atoms with Gasteiger partial charge < -0.3 is 0 Å². The van der Waals surface area contributed by atoms with Crippen LogP contribution in [0.1, 0.15) is 39.5 Å². The summed E-state index contributed by atoms with van der Waals surface area (Å²) in [7, 11) is -4.19. The highest BCUT2D eigenvalue weighted by atomic mass is 32.2. The molecule has 0 radical (unpaired) electrons. The van der Waals surface area contributed by atoms with Crippen LogP contribution in [0, 0.1) is 0 Å². The van der Waals surface area contributed by atoms with E-state index in [-0.39, 0.29) is 6.42 Å². The second-order valence-corrected chi connectivity index (χ2v) is 4.82. The topological polar surface area (TPSA) is 71.4 Å². The van der Waals surface area contributed by atoms with Crippen LogP contribution in [0.15, 0.2) is 0 Å². The Morgan fingerprint density at radius 2 is 1.92 bits per heavy atom. The van der Waals surface area contributed by atoms with E-state index < -0.39 is 21.2 Å². The van der Waals surface area contributed by atoms with Gasteiger partial charge in [-0.15, -0.1) is 0 Å². The number of hydrogen-bond acceptors (Lipinski definition) is 3. The predicted octanol–water partition coefficient (Wildman–Crippen LogP) is 1.41. The molecule has 0 aromatic rings. The Kier molecular flexibility index (Phi) is 5.17. The summed E-state index contributed by atoms with van der Waals surface area (Å²) in [5.74, 6) is -0.407. The van der Waals surface area contributed by atoms with Crippen LogP contribution in [-0.4, -0.2) is 24.0 Å². The monoisotopic (exact) mass is 208 g/mol. The third-order valence-electron chi connectivity index (χ3n) is 1.93. The predicted molar refractivity (Wildman–Crippen MR) is 50.2 cm³/mol. The van der Waals surface area contributed by atoms with Gasteiger partial charge in [-0.1, -0.05) is 19.8 Å². The second kappa shape index (κ2) is 5.34. The Labute approximate surface area is 79.1 Å². The molecule has 0 amide bonds. The standard InChI is InChI=1S/C8H16O4S/c1-3-4-5-6-8(9)7(2)13(10,11)12/h7H,3-6H2,1-2H3,(H,10,11,12). The Balaban J connectivity index is 3.99. The van der Waals surface area contributed by atoms with E-state index in [2.05, 4.69) is 0 Å². The summed E-state index contributed by atoms with van der Waals surface area (Å²) in [6, 6.07) is 0. The maximum absolute atomic E-state index is 11.1. The Bertz CT molecular complexity index is 255. The van der Waals surface area contributed by atoms with E-state index >= 15 is 0 Å². The fourth-order valence-electron chi connectivity index (χ4n) is 0.919. The third-order valence-corrected chi connectivity index (χ3v) is 3.08. The Morgan fingerprint density at radius 1 is 1.38 bits per heavy atom. The number of ketones is 1. The lowest BCUT2D eigenvalue weighted by atomic mass is 10.1. The van der Waals surface area contributed by atoms with Crippen molar-refractivity contribution in [2.45, 2.75) is 44.8 Å². The summed E-state index contributed by atoms with van der Waals surface area (Å²) in [6.45, 7) is 3.21. The molecule has 0 aliphatic carbocycles. The first-order valence-corrected chi connectivity index (χ1v) is 5.89. The van der Waals surface area contributed by atoms with E-state index in [1.165, 1.54) is 6.92 Å². The molecule has 0 bridgehead atoms. The maximum atomic E-state index is 11.1. The molecule has 0 aromatic carbocycles. The minimum absolute atomic E-state index is 0.231. The molecule has 5 heteroatoms. The summed E-state index contributed by atoms with van der Waals surface area (Å²) >= 11 is 0. The molecule has 0 rings (SSSR count). The van der Waals surface area contributed by atoms with Gasteiger partial charge in [-0.05, 0) is 13.3 Å². The zero-order chi connectivity index (χ0) is 10.5. The van der Waals surface area contributed by atoms with Crippen molar-refractivity contribution in [3.63, 3.8) is 0 Å². The summed E-state index contributed by atoms with van der Waals surface area (Å²) in [5, 5.41) is -1.27. The molecule has 0 fully saturated rings. The minimum Gasteiger partial charge on any atom is -0.298 e. The van der Waals surface area contributed by atoms with Crippen LogP contribution in [0.2, 0.25) is 0 Å². The molecular formula is C8H16O4S. The van der Waals surface area contributed by atoms with Crippen LogP contribution in [-0.2, 0) is 14.9 Å². The van der Waals surface area contributed by atoms with Crippen molar-refractivity contribution in [2.75, 3.05) is 0 Å². The molecule has 1 unspecified atom stereocenters. The molecule has 0 saturated heterocycles. The van der Waals surface area contributed by atoms with Crippen molar-refractivity contribution < 1.29 is 17.8 Å². The summed E-state index contributed by atoms with van der Waals surface area (Å²) in [6.07, 6.45) is 2.81. The molecule has 0 aliphatic rings. The van der Waals surface area contributed by atoms with Gasteiger partial charge in [0.1, 0.15) is 5.25 Å². The SMILES string of the molecule is CCCCCC(=O)C(C)S(=O)(=O)O. The zero-order valence-corrected chi connectivity index (χ0v) is 8.80. The van der Waals surface area contributed by atoms with Crippen molar-refractivity contribution in [3.05, 3.63) is 0 Å². The first kappa shape index (κ1) is 12.6. The second-order valence-electron chi connectivity index (χ2n) is 3.08. The molecule has 0 saturated carbocycles. The molecular weight excluding hydrogens is 192 g/mol. The highest BCUT2D eigenvalue weighted by Crippen LogP contribution is 2.06. The van der Waals surface area contributed by atoms with E-state index in [4.69, 9.17) is 4.55 Å². The fraction of sp³-hybridized carbons (Fsp3) is 0.875. The highest BCUT2D eigenvalue weighted by molar-refractivity contribution is 7.87. The van der Waals surface area contributed by atoms with E-state index in [1.807, 2.05) is 6.92 Å². The zero-order valence-electron chi connectivity index (χ0n) is 7.99. The lowest BCUT2D eigenvalue weighted by Crippen LogP contribution is -2.26. The average Bonchev–Trinajstić information content (AvgIpc) is 2.01. The van der Waals surface area contributed by atoms with Crippen molar-refractivity contribution in [2.24, 2.45) is 0 Å². The van der Waals surface area contributed by atoms with Gasteiger partial charge in [0.25, 0.3) is 10.1 Å². The Hall–Kier alpha value is -0.420. The Morgan fingerprint density at radius 3 is 2.31 bits per heavy atom. The number of Topliss-reactive ketones (excluding diaryl/α,β-unsaturated/α-hetero) is 1. The molecule has 4 nitrogen and oxygen atoms in total. The first-order valence-electron chi connectivity index (χ1n) is 4.38. The van der Waals surface area contributed by atoms with Gasteiger partial charge in [0.2, 0.25) is 0 Å². The van der Waals surface area contributed by atoms with E-state index in [1.54, 1.807) is 0 Å². The number of carbonyl (C=O) groups is 1. The number of carbonyl (C=O) groups excluding carboxylic acids is 1. The minimum atomic E-state index is -4.19. The lowest BCUT2D eigenvalue weighted by molar-refractivity contribution is -0.118. The van der Waals surface area contributed by atoms with Crippen molar-refractivity contribution in [1.29, 1.82) is 0 Å². The van der Waals surface area contributed by atoms with E-state index in [9.17, 15) is 13.2 Å². The smallest absolute Gasteiger partial charge is 0.274 e. The van der Waals surface area contributed by atoms with Crippen LogP contribution in [0.3, 0.4) is 0 Å². The highest BCUT2D eigenvalue weighted by Gasteiger charge is 2.24.